The fourth-order valence-corrected chi connectivity index (χ4v) is 4.57. The molecule has 0 saturated heterocycles. The van der Waals surface area contributed by atoms with E-state index in [1.807, 2.05) is 19.9 Å². The summed E-state index contributed by atoms with van der Waals surface area (Å²) >= 11 is 0. The van der Waals surface area contributed by atoms with Gasteiger partial charge in [-0.05, 0) is 45.1 Å². The van der Waals surface area contributed by atoms with Gasteiger partial charge in [0.15, 0.2) is 11.5 Å². The zero-order chi connectivity index (χ0) is 31.5. The van der Waals surface area contributed by atoms with Gasteiger partial charge in [-0.15, -0.1) is 0 Å². The lowest BCUT2D eigenvalue weighted by Crippen LogP contribution is -2.12. The van der Waals surface area contributed by atoms with E-state index in [2.05, 4.69) is 27.7 Å². The predicted molar refractivity (Wildman–Crippen MR) is 180 cm³/mol. The number of unbranched alkanes of at least 4 members (excludes halogenated alkanes) is 12. The Bertz CT molecular complexity index is 865. The molecule has 0 aromatic heterocycles. The van der Waals surface area contributed by atoms with Crippen molar-refractivity contribution in [1.82, 2.24) is 0 Å². The smallest absolute Gasteiger partial charge is 0.331 e. The van der Waals surface area contributed by atoms with Gasteiger partial charge in [0.2, 0.25) is 5.75 Å². The molecule has 1 aromatic rings. The quantitative estimate of drug-likeness (QED) is 0.0538. The topological polar surface area (TPSA) is 63.2 Å². The van der Waals surface area contributed by atoms with Gasteiger partial charge < -0.3 is 23.7 Å². The minimum Gasteiger partial charge on any atom is -0.493 e. The van der Waals surface area contributed by atoms with Crippen molar-refractivity contribution >= 4 is 12.0 Å². The van der Waals surface area contributed by atoms with Crippen LogP contribution in [0.4, 0.5) is 0 Å². The zero-order valence-electron chi connectivity index (χ0n) is 28.6. The van der Waals surface area contributed by atoms with E-state index in [1.165, 1.54) is 51.0 Å². The molecule has 0 aliphatic heterocycles. The molecule has 0 spiro atoms. The summed E-state index contributed by atoms with van der Waals surface area (Å²) in [6, 6.07) is 1.94. The molecule has 0 aliphatic rings. The summed E-state index contributed by atoms with van der Waals surface area (Å²) in [5, 5.41) is 0. The molecule has 0 aliphatic carbocycles. The fraction of sp³-hybridized carbons (Fsp3) is 0.757. The maximum Gasteiger partial charge on any atom is 0.331 e. The Kier molecular flexibility index (Phi) is 23.4. The maximum atomic E-state index is 12.7. The third kappa shape index (κ3) is 17.5. The molecule has 1 atom stereocenters. The third-order valence-electron chi connectivity index (χ3n) is 7.48. The molecule has 6 heteroatoms. The van der Waals surface area contributed by atoms with E-state index in [1.54, 1.807) is 6.08 Å². The van der Waals surface area contributed by atoms with Gasteiger partial charge in [0.1, 0.15) is 5.75 Å². The van der Waals surface area contributed by atoms with E-state index in [4.69, 9.17) is 23.7 Å². The van der Waals surface area contributed by atoms with Gasteiger partial charge in [0.05, 0.1) is 38.1 Å². The summed E-state index contributed by atoms with van der Waals surface area (Å²) in [6.45, 7) is 15.1. The molecule has 1 rings (SSSR count). The highest BCUT2D eigenvalue weighted by molar-refractivity contribution is 5.89. The van der Waals surface area contributed by atoms with Crippen molar-refractivity contribution in [2.45, 2.75) is 157 Å². The molecule has 0 fully saturated rings. The first-order chi connectivity index (χ1) is 21.0. The largest absolute Gasteiger partial charge is 0.493 e. The number of benzene rings is 1. The van der Waals surface area contributed by atoms with Crippen LogP contribution >= 0.6 is 0 Å². The average molecular weight is 605 g/mol. The summed E-state index contributed by atoms with van der Waals surface area (Å²) in [4.78, 5) is 12.7. The Morgan fingerprint density at radius 2 is 1.05 bits per heavy atom. The molecule has 1 unspecified atom stereocenters. The molecule has 0 bridgehead atoms. The number of rotatable bonds is 28. The Balaban J connectivity index is 3.51. The molecular weight excluding hydrogens is 540 g/mol. The van der Waals surface area contributed by atoms with Crippen LogP contribution in [0, 0.1) is 0 Å². The van der Waals surface area contributed by atoms with Crippen LogP contribution in [0.5, 0.6) is 23.0 Å². The van der Waals surface area contributed by atoms with Crippen LogP contribution < -0.4 is 18.9 Å². The third-order valence-corrected chi connectivity index (χ3v) is 7.48. The van der Waals surface area contributed by atoms with Gasteiger partial charge in [-0.2, -0.15) is 0 Å². The number of hydrogen-bond acceptors (Lipinski definition) is 6. The molecule has 0 N–H and O–H groups in total. The molecule has 0 amide bonds. The highest BCUT2D eigenvalue weighted by atomic mass is 16.5. The first-order valence-electron chi connectivity index (χ1n) is 17.6. The molecule has 248 valence electrons. The molecule has 0 radical (unpaired) electrons. The van der Waals surface area contributed by atoms with Crippen LogP contribution in [0.25, 0.3) is 6.08 Å². The number of esters is 1. The van der Waals surface area contributed by atoms with Gasteiger partial charge >= 0.3 is 5.97 Å². The Morgan fingerprint density at radius 3 is 1.51 bits per heavy atom. The van der Waals surface area contributed by atoms with Crippen LogP contribution in [0.15, 0.2) is 12.1 Å². The molecule has 1 aromatic carbocycles. The van der Waals surface area contributed by atoms with Crippen LogP contribution in [0.2, 0.25) is 0 Å². The molecule has 0 saturated carbocycles. The average Bonchev–Trinajstić information content (AvgIpc) is 3.00. The molecule has 0 heterocycles. The highest BCUT2D eigenvalue weighted by Gasteiger charge is 2.23. The second-order valence-corrected chi connectivity index (χ2v) is 11.6. The summed E-state index contributed by atoms with van der Waals surface area (Å²) in [6.07, 6.45) is 21.6. The van der Waals surface area contributed by atoms with Crippen molar-refractivity contribution in [3.63, 3.8) is 0 Å². The fourth-order valence-electron chi connectivity index (χ4n) is 4.57. The molecule has 6 nitrogen and oxygen atoms in total. The van der Waals surface area contributed by atoms with Crippen LogP contribution in [-0.2, 0) is 9.53 Å². The standard InChI is InChI=1S/C37H64O6/c1-7-12-16-20-26-39-33-30-34(40-27-21-17-13-8-2)37(42-29-23-19-15-10-4)36(41-28-22-18-14-9-3)32(33)24-25-35(38)43-31(6)11-5/h24-25,30-31H,7-23,26-29H2,1-6H3. The van der Waals surface area contributed by atoms with Crippen molar-refractivity contribution < 1.29 is 28.5 Å². The number of carbonyl (C=O) groups is 1. The summed E-state index contributed by atoms with van der Waals surface area (Å²) < 4.78 is 31.3. The highest BCUT2D eigenvalue weighted by Crippen LogP contribution is 2.47. The number of hydrogen-bond donors (Lipinski definition) is 0. The number of ether oxygens (including phenoxy) is 5. The molecular formula is C37H64O6. The zero-order valence-corrected chi connectivity index (χ0v) is 28.6. The lowest BCUT2D eigenvalue weighted by atomic mass is 10.1. The first kappa shape index (κ1) is 38.7. The monoisotopic (exact) mass is 604 g/mol. The minimum atomic E-state index is -0.379. The Labute approximate surface area is 264 Å². The van der Waals surface area contributed by atoms with Gasteiger partial charge in [-0.1, -0.05) is 112 Å². The second kappa shape index (κ2) is 26.1. The van der Waals surface area contributed by atoms with E-state index in [9.17, 15) is 4.79 Å². The maximum absolute atomic E-state index is 12.7. The SMILES string of the molecule is CCCCCCOc1cc(OCCCCCC)c(OCCCCCC)c(OCCCCCC)c1C=CC(=O)OC(C)CC. The van der Waals surface area contributed by atoms with Crippen molar-refractivity contribution in [3.05, 3.63) is 17.7 Å². The van der Waals surface area contributed by atoms with E-state index >= 15 is 0 Å². The minimum absolute atomic E-state index is 0.147. The van der Waals surface area contributed by atoms with Gasteiger partial charge in [-0.3, -0.25) is 0 Å². The normalized spacial score (nSPS) is 12.0. The van der Waals surface area contributed by atoms with Crippen LogP contribution in [-0.4, -0.2) is 38.5 Å². The summed E-state index contributed by atoms with van der Waals surface area (Å²) in [7, 11) is 0. The van der Waals surface area contributed by atoms with Crippen LogP contribution in [0.3, 0.4) is 0 Å². The Morgan fingerprint density at radius 1 is 0.605 bits per heavy atom. The van der Waals surface area contributed by atoms with Gasteiger partial charge in [0.25, 0.3) is 0 Å². The summed E-state index contributed by atoms with van der Waals surface area (Å²) in [5.74, 6) is 2.12. The molecule has 43 heavy (non-hydrogen) atoms. The summed E-state index contributed by atoms with van der Waals surface area (Å²) in [5.41, 5.74) is 0.703. The lowest BCUT2D eigenvalue weighted by Gasteiger charge is -2.22. The van der Waals surface area contributed by atoms with Crippen molar-refractivity contribution in [1.29, 1.82) is 0 Å². The lowest BCUT2D eigenvalue weighted by molar-refractivity contribution is -0.142. The Hall–Kier alpha value is -2.37. The number of carbonyl (C=O) groups excluding carboxylic acids is 1. The van der Waals surface area contributed by atoms with Gasteiger partial charge in [0, 0.05) is 12.1 Å². The van der Waals surface area contributed by atoms with E-state index in [-0.39, 0.29) is 12.1 Å². The van der Waals surface area contributed by atoms with E-state index < -0.39 is 0 Å². The van der Waals surface area contributed by atoms with E-state index in [0.29, 0.717) is 55.0 Å². The second-order valence-electron chi connectivity index (χ2n) is 11.6. The predicted octanol–water partition coefficient (Wildman–Crippen LogP) is 10.9. The van der Waals surface area contributed by atoms with Crippen molar-refractivity contribution in [2.75, 3.05) is 26.4 Å². The van der Waals surface area contributed by atoms with Crippen molar-refractivity contribution in [3.8, 4) is 23.0 Å². The van der Waals surface area contributed by atoms with Crippen LogP contribution in [0.1, 0.15) is 156 Å². The first-order valence-corrected chi connectivity index (χ1v) is 17.6. The van der Waals surface area contributed by atoms with Gasteiger partial charge in [-0.25, -0.2) is 4.79 Å². The van der Waals surface area contributed by atoms with E-state index in [0.717, 1.165) is 64.2 Å². The van der Waals surface area contributed by atoms with Crippen molar-refractivity contribution in [2.24, 2.45) is 0 Å².